The van der Waals surface area contributed by atoms with E-state index < -0.39 is 17.8 Å². The number of amides is 2. The monoisotopic (exact) mass is 366 g/mol. The Hall–Kier alpha value is -2.28. The molecule has 0 heterocycles. The van der Waals surface area contributed by atoms with Crippen molar-refractivity contribution in [3.05, 3.63) is 35.9 Å². The van der Waals surface area contributed by atoms with E-state index in [2.05, 4.69) is 10.6 Å². The van der Waals surface area contributed by atoms with Crippen molar-refractivity contribution in [2.75, 3.05) is 13.2 Å². The van der Waals surface area contributed by atoms with Crippen LogP contribution in [0.3, 0.4) is 0 Å². The fourth-order valence-electron chi connectivity index (χ4n) is 2.16. The molecule has 0 fully saturated rings. The number of nitrogens with one attached hydrogen (secondary N) is 2. The molecule has 2 amide bonds. The highest BCUT2D eigenvalue weighted by atomic mass is 16.6. The van der Waals surface area contributed by atoms with Gasteiger partial charge in [-0.25, -0.2) is 9.59 Å². The van der Waals surface area contributed by atoms with Crippen LogP contribution in [-0.4, -0.2) is 42.1 Å². The maximum absolute atomic E-state index is 11.7. The van der Waals surface area contributed by atoms with Crippen LogP contribution >= 0.6 is 0 Å². The lowest BCUT2D eigenvalue weighted by Crippen LogP contribution is -2.41. The third-order valence-electron chi connectivity index (χ3n) is 3.40. The second-order valence-electron chi connectivity index (χ2n) is 7.01. The van der Waals surface area contributed by atoms with E-state index in [0.717, 1.165) is 12.0 Å². The second kappa shape index (κ2) is 11.4. The van der Waals surface area contributed by atoms with Crippen molar-refractivity contribution >= 4 is 12.2 Å². The highest BCUT2D eigenvalue weighted by molar-refractivity contribution is 5.68. The van der Waals surface area contributed by atoms with Crippen molar-refractivity contribution in [1.29, 1.82) is 0 Å². The molecule has 3 N–H and O–H groups in total. The number of benzene rings is 1. The van der Waals surface area contributed by atoms with Gasteiger partial charge in [0.1, 0.15) is 12.2 Å². The number of carbonyl (C=O) groups excluding carboxylic acids is 2. The summed E-state index contributed by atoms with van der Waals surface area (Å²) in [6.07, 6.45) is 1.04. The number of alkyl carbamates (subject to hydrolysis) is 2. The first kappa shape index (κ1) is 21.8. The molecule has 0 radical (unpaired) electrons. The van der Waals surface area contributed by atoms with Crippen molar-refractivity contribution < 1.29 is 24.2 Å². The van der Waals surface area contributed by atoms with E-state index in [1.54, 1.807) is 20.8 Å². The molecule has 0 aliphatic heterocycles. The molecular formula is C19H30N2O5. The maximum Gasteiger partial charge on any atom is 0.407 e. The fourth-order valence-corrected chi connectivity index (χ4v) is 2.16. The minimum atomic E-state index is -0.575. The van der Waals surface area contributed by atoms with Gasteiger partial charge in [0.05, 0.1) is 12.6 Å². The smallest absolute Gasteiger partial charge is 0.407 e. The first-order chi connectivity index (χ1) is 12.3. The Morgan fingerprint density at radius 2 is 1.81 bits per heavy atom. The van der Waals surface area contributed by atoms with Crippen LogP contribution < -0.4 is 10.6 Å². The van der Waals surface area contributed by atoms with Crippen LogP contribution in [0.4, 0.5) is 9.59 Å². The van der Waals surface area contributed by atoms with Crippen molar-refractivity contribution in [2.24, 2.45) is 0 Å². The van der Waals surface area contributed by atoms with Crippen LogP contribution in [0, 0.1) is 0 Å². The second-order valence-corrected chi connectivity index (χ2v) is 7.01. The van der Waals surface area contributed by atoms with Crippen molar-refractivity contribution in [3.8, 4) is 0 Å². The van der Waals surface area contributed by atoms with Crippen LogP contribution in [0.15, 0.2) is 30.3 Å². The van der Waals surface area contributed by atoms with Crippen LogP contribution in [0.1, 0.15) is 45.6 Å². The summed E-state index contributed by atoms with van der Waals surface area (Å²) >= 11 is 0. The minimum Gasteiger partial charge on any atom is -0.445 e. The highest BCUT2D eigenvalue weighted by Crippen LogP contribution is 2.08. The van der Waals surface area contributed by atoms with Crippen LogP contribution in [0.25, 0.3) is 0 Å². The molecule has 0 saturated heterocycles. The molecule has 0 unspecified atom stereocenters. The summed E-state index contributed by atoms with van der Waals surface area (Å²) in [6, 6.07) is 9.09. The van der Waals surface area contributed by atoms with Crippen molar-refractivity contribution in [1.82, 2.24) is 10.6 Å². The van der Waals surface area contributed by atoms with Gasteiger partial charge in [0.15, 0.2) is 0 Å². The number of hydrogen-bond donors (Lipinski definition) is 3. The topological polar surface area (TPSA) is 96.9 Å². The van der Waals surface area contributed by atoms with Gasteiger partial charge in [-0.05, 0) is 45.6 Å². The molecule has 1 aromatic carbocycles. The zero-order chi connectivity index (χ0) is 19.4. The molecule has 7 heteroatoms. The number of carbonyl (C=O) groups is 2. The summed E-state index contributed by atoms with van der Waals surface area (Å²) in [5.74, 6) is 0. The Kier molecular flexibility index (Phi) is 9.51. The van der Waals surface area contributed by atoms with Gasteiger partial charge in [-0.15, -0.1) is 0 Å². The molecule has 7 nitrogen and oxygen atoms in total. The summed E-state index contributed by atoms with van der Waals surface area (Å²) in [7, 11) is 0. The normalized spacial score (nSPS) is 12.2. The predicted molar refractivity (Wildman–Crippen MR) is 98.7 cm³/mol. The molecular weight excluding hydrogens is 336 g/mol. The van der Waals surface area contributed by atoms with Crippen molar-refractivity contribution in [3.63, 3.8) is 0 Å². The molecule has 146 valence electrons. The Morgan fingerprint density at radius 3 is 2.42 bits per heavy atom. The van der Waals surface area contributed by atoms with Crippen LogP contribution in [0.5, 0.6) is 0 Å². The zero-order valence-corrected chi connectivity index (χ0v) is 15.8. The van der Waals surface area contributed by atoms with Gasteiger partial charge in [-0.3, -0.25) is 0 Å². The molecule has 0 aliphatic carbocycles. The Labute approximate surface area is 155 Å². The quantitative estimate of drug-likeness (QED) is 0.584. The third-order valence-corrected chi connectivity index (χ3v) is 3.40. The Balaban J connectivity index is 2.12. The van der Waals surface area contributed by atoms with Crippen molar-refractivity contribution in [2.45, 2.75) is 58.3 Å². The number of unbranched alkanes of at least 4 members (excludes halogenated alkanes) is 1. The molecule has 1 atom stereocenters. The summed E-state index contributed by atoms with van der Waals surface area (Å²) in [6.45, 7) is 5.89. The SMILES string of the molecule is CC(C)(C)OC(=O)N[C@@H](CO)CCCCNC(=O)OCc1ccccc1. The molecule has 0 bridgehead atoms. The van der Waals surface area contributed by atoms with E-state index in [1.807, 2.05) is 30.3 Å². The first-order valence-electron chi connectivity index (χ1n) is 8.85. The molecule has 0 saturated carbocycles. The predicted octanol–water partition coefficient (Wildman–Crippen LogP) is 2.97. The van der Waals surface area contributed by atoms with E-state index in [1.165, 1.54) is 0 Å². The van der Waals surface area contributed by atoms with E-state index in [4.69, 9.17) is 9.47 Å². The lowest BCUT2D eigenvalue weighted by molar-refractivity contribution is 0.0478. The van der Waals surface area contributed by atoms with Gasteiger partial charge >= 0.3 is 12.2 Å². The summed E-state index contributed by atoms with van der Waals surface area (Å²) in [5.41, 5.74) is 0.357. The summed E-state index contributed by atoms with van der Waals surface area (Å²) < 4.78 is 10.3. The fraction of sp³-hybridized carbons (Fsp3) is 0.579. The minimum absolute atomic E-state index is 0.161. The molecule has 0 aliphatic rings. The average molecular weight is 366 g/mol. The Bertz CT molecular complexity index is 543. The van der Waals surface area contributed by atoms with Gasteiger partial charge in [0.25, 0.3) is 0 Å². The van der Waals surface area contributed by atoms with E-state index >= 15 is 0 Å². The molecule has 0 spiro atoms. The van der Waals surface area contributed by atoms with E-state index in [9.17, 15) is 14.7 Å². The highest BCUT2D eigenvalue weighted by Gasteiger charge is 2.18. The van der Waals surface area contributed by atoms with Gasteiger partial charge < -0.3 is 25.2 Å². The molecule has 1 rings (SSSR count). The largest absolute Gasteiger partial charge is 0.445 e. The summed E-state index contributed by atoms with van der Waals surface area (Å²) in [5, 5.41) is 14.7. The average Bonchev–Trinajstić information content (AvgIpc) is 2.58. The van der Waals surface area contributed by atoms with Gasteiger partial charge in [0.2, 0.25) is 0 Å². The standard InChI is InChI=1S/C19H30N2O5/c1-19(2,3)26-18(24)21-16(13-22)11-7-8-12-20-17(23)25-14-15-9-5-4-6-10-15/h4-6,9-10,16,22H,7-8,11-14H2,1-3H3,(H,20,23)(H,21,24)/t16-/m1/s1. The van der Waals surface area contributed by atoms with Gasteiger partial charge in [-0.1, -0.05) is 30.3 Å². The lowest BCUT2D eigenvalue weighted by Gasteiger charge is -2.22. The van der Waals surface area contributed by atoms with Crippen LogP contribution in [0.2, 0.25) is 0 Å². The summed E-state index contributed by atoms with van der Waals surface area (Å²) in [4.78, 5) is 23.3. The van der Waals surface area contributed by atoms with E-state index in [-0.39, 0.29) is 19.3 Å². The third kappa shape index (κ3) is 10.6. The number of hydrogen-bond acceptors (Lipinski definition) is 5. The first-order valence-corrected chi connectivity index (χ1v) is 8.85. The zero-order valence-electron chi connectivity index (χ0n) is 15.8. The van der Waals surface area contributed by atoms with Gasteiger partial charge in [-0.2, -0.15) is 0 Å². The number of ether oxygens (including phenoxy) is 2. The Morgan fingerprint density at radius 1 is 1.12 bits per heavy atom. The van der Waals surface area contributed by atoms with Crippen LogP contribution in [-0.2, 0) is 16.1 Å². The molecule has 1 aromatic rings. The lowest BCUT2D eigenvalue weighted by atomic mass is 10.1. The van der Waals surface area contributed by atoms with Gasteiger partial charge in [0, 0.05) is 6.54 Å². The number of aliphatic hydroxyl groups excluding tert-OH is 1. The number of aliphatic hydroxyl groups is 1. The molecule has 0 aromatic heterocycles. The number of rotatable bonds is 9. The maximum atomic E-state index is 11.7. The van der Waals surface area contributed by atoms with E-state index in [0.29, 0.717) is 19.4 Å². The molecule has 26 heavy (non-hydrogen) atoms.